The average molecular weight is 254 g/mol. The highest BCUT2D eigenvalue weighted by molar-refractivity contribution is 5.67. The van der Waals surface area contributed by atoms with E-state index < -0.39 is 0 Å². The summed E-state index contributed by atoms with van der Waals surface area (Å²) in [7, 11) is 0. The molecular weight excluding hydrogens is 228 g/mol. The summed E-state index contributed by atoms with van der Waals surface area (Å²) in [6.07, 6.45) is 5.99. The molecule has 2 unspecified atom stereocenters. The fourth-order valence-corrected chi connectivity index (χ4v) is 2.89. The fraction of sp³-hybridized carbons (Fsp3) is 0.929. The monoisotopic (exact) mass is 254 g/mol. The minimum absolute atomic E-state index is 0.147. The number of piperidine rings is 1. The highest BCUT2D eigenvalue weighted by Gasteiger charge is 2.37. The molecule has 104 valence electrons. The van der Waals surface area contributed by atoms with Gasteiger partial charge in [0.1, 0.15) is 0 Å². The van der Waals surface area contributed by atoms with Crippen LogP contribution in [-0.2, 0) is 4.74 Å². The highest BCUT2D eigenvalue weighted by atomic mass is 16.6. The normalized spacial score (nSPS) is 28.2. The Labute approximate surface area is 110 Å². The van der Waals surface area contributed by atoms with Gasteiger partial charge in [-0.05, 0) is 38.5 Å². The minimum Gasteiger partial charge on any atom is -0.450 e. The van der Waals surface area contributed by atoms with Gasteiger partial charge in [-0.2, -0.15) is 0 Å². The van der Waals surface area contributed by atoms with Gasteiger partial charge < -0.3 is 15.0 Å². The summed E-state index contributed by atoms with van der Waals surface area (Å²) >= 11 is 0. The molecule has 4 heteroatoms. The molecule has 1 N–H and O–H groups in total. The smallest absolute Gasteiger partial charge is 0.409 e. The molecule has 2 atom stereocenters. The van der Waals surface area contributed by atoms with Gasteiger partial charge in [0.2, 0.25) is 0 Å². The molecule has 2 aliphatic rings. The van der Waals surface area contributed by atoms with Crippen LogP contribution in [0.5, 0.6) is 0 Å². The molecule has 0 aromatic rings. The third kappa shape index (κ3) is 3.61. The first-order valence-corrected chi connectivity index (χ1v) is 7.42. The molecular formula is C14H26N2O2. The molecule has 18 heavy (non-hydrogen) atoms. The van der Waals surface area contributed by atoms with E-state index in [0.717, 1.165) is 37.9 Å². The average Bonchev–Trinajstić information content (AvgIpc) is 3.09. The highest BCUT2D eigenvalue weighted by Crippen LogP contribution is 2.35. The lowest BCUT2D eigenvalue weighted by molar-refractivity contribution is 0.0949. The van der Waals surface area contributed by atoms with Gasteiger partial charge in [-0.3, -0.25) is 0 Å². The van der Waals surface area contributed by atoms with Gasteiger partial charge in [0.25, 0.3) is 0 Å². The molecule has 0 aromatic heterocycles. The molecule has 4 nitrogen and oxygen atoms in total. The van der Waals surface area contributed by atoms with Crippen molar-refractivity contribution >= 4 is 6.09 Å². The third-order valence-electron chi connectivity index (χ3n) is 4.05. The van der Waals surface area contributed by atoms with Crippen molar-refractivity contribution in [3.8, 4) is 0 Å². The van der Waals surface area contributed by atoms with Crippen LogP contribution in [0.15, 0.2) is 0 Å². The lowest BCUT2D eigenvalue weighted by atomic mass is 10.1. The molecule has 0 radical (unpaired) electrons. The van der Waals surface area contributed by atoms with Crippen molar-refractivity contribution in [1.29, 1.82) is 0 Å². The number of amides is 1. The Morgan fingerprint density at radius 3 is 2.67 bits per heavy atom. The number of nitrogens with zero attached hydrogens (tertiary/aromatic N) is 1. The van der Waals surface area contributed by atoms with E-state index in [4.69, 9.17) is 4.74 Å². The first kappa shape index (κ1) is 13.7. The molecule has 1 heterocycles. The van der Waals surface area contributed by atoms with E-state index in [1.165, 1.54) is 19.3 Å². The van der Waals surface area contributed by atoms with Crippen molar-refractivity contribution in [3.05, 3.63) is 0 Å². The fourth-order valence-electron chi connectivity index (χ4n) is 2.89. The van der Waals surface area contributed by atoms with Gasteiger partial charge in [0.15, 0.2) is 0 Å². The maximum absolute atomic E-state index is 11.6. The number of carbonyl (C=O) groups excluding carboxylic acids is 1. The summed E-state index contributed by atoms with van der Waals surface area (Å²) in [5.74, 6) is 0.915. The van der Waals surface area contributed by atoms with Crippen LogP contribution in [0.2, 0.25) is 0 Å². The number of likely N-dealkylation sites (tertiary alicyclic amines) is 1. The molecule has 1 saturated carbocycles. The Kier molecular flexibility index (Phi) is 4.87. The van der Waals surface area contributed by atoms with E-state index in [1.807, 2.05) is 11.8 Å². The van der Waals surface area contributed by atoms with Crippen LogP contribution >= 0.6 is 0 Å². The molecule has 1 aliphatic carbocycles. The first-order chi connectivity index (χ1) is 8.74. The van der Waals surface area contributed by atoms with Crippen LogP contribution in [0.1, 0.15) is 46.0 Å². The predicted octanol–water partition coefficient (Wildman–Crippen LogP) is 2.39. The van der Waals surface area contributed by atoms with Crippen LogP contribution < -0.4 is 5.32 Å². The number of carbonyl (C=O) groups is 1. The zero-order valence-electron chi connectivity index (χ0n) is 11.7. The topological polar surface area (TPSA) is 41.6 Å². The summed E-state index contributed by atoms with van der Waals surface area (Å²) < 4.78 is 5.03. The zero-order chi connectivity index (χ0) is 13.0. The maximum Gasteiger partial charge on any atom is 0.409 e. The third-order valence-corrected chi connectivity index (χ3v) is 4.05. The second-order valence-electron chi connectivity index (χ2n) is 5.52. The van der Waals surface area contributed by atoms with Crippen molar-refractivity contribution < 1.29 is 9.53 Å². The maximum atomic E-state index is 11.6. The lowest BCUT2D eigenvalue weighted by Gasteiger charge is -2.31. The number of rotatable bonds is 5. The van der Waals surface area contributed by atoms with Gasteiger partial charge in [-0.15, -0.1) is 0 Å². The SMILES string of the molecule is CCCC1CC1NC1CCN(C(=O)OCC)CC1. The van der Waals surface area contributed by atoms with Crippen LogP contribution in [0.25, 0.3) is 0 Å². The Morgan fingerprint density at radius 1 is 1.33 bits per heavy atom. The van der Waals surface area contributed by atoms with E-state index in [1.54, 1.807) is 0 Å². The Hall–Kier alpha value is -0.770. The summed E-state index contributed by atoms with van der Waals surface area (Å²) in [6.45, 7) is 6.25. The van der Waals surface area contributed by atoms with Crippen LogP contribution in [0.4, 0.5) is 4.79 Å². The van der Waals surface area contributed by atoms with E-state index in [-0.39, 0.29) is 6.09 Å². The number of nitrogens with one attached hydrogen (secondary N) is 1. The van der Waals surface area contributed by atoms with Crippen molar-refractivity contribution in [2.75, 3.05) is 19.7 Å². The molecule has 1 saturated heterocycles. The Morgan fingerprint density at radius 2 is 2.06 bits per heavy atom. The molecule has 1 aliphatic heterocycles. The number of ether oxygens (including phenoxy) is 1. The van der Waals surface area contributed by atoms with Crippen molar-refractivity contribution in [1.82, 2.24) is 10.2 Å². The second kappa shape index (κ2) is 6.41. The number of hydrogen-bond donors (Lipinski definition) is 1. The van der Waals surface area contributed by atoms with Gasteiger partial charge in [0.05, 0.1) is 6.61 Å². The summed E-state index contributed by atoms with van der Waals surface area (Å²) in [4.78, 5) is 13.4. The lowest BCUT2D eigenvalue weighted by Crippen LogP contribution is -2.45. The minimum atomic E-state index is -0.147. The van der Waals surface area contributed by atoms with E-state index in [2.05, 4.69) is 12.2 Å². The first-order valence-electron chi connectivity index (χ1n) is 7.42. The molecule has 2 fully saturated rings. The summed E-state index contributed by atoms with van der Waals surface area (Å²) in [5, 5.41) is 3.74. The molecule has 0 aromatic carbocycles. The number of hydrogen-bond acceptors (Lipinski definition) is 3. The van der Waals surface area contributed by atoms with Gasteiger partial charge in [-0.25, -0.2) is 4.79 Å². The van der Waals surface area contributed by atoms with Crippen molar-refractivity contribution in [3.63, 3.8) is 0 Å². The molecule has 1 amide bonds. The van der Waals surface area contributed by atoms with Gasteiger partial charge >= 0.3 is 6.09 Å². The molecule has 0 spiro atoms. The predicted molar refractivity (Wildman–Crippen MR) is 71.6 cm³/mol. The van der Waals surface area contributed by atoms with Gasteiger partial charge in [0, 0.05) is 25.2 Å². The van der Waals surface area contributed by atoms with Crippen LogP contribution in [0.3, 0.4) is 0 Å². The van der Waals surface area contributed by atoms with E-state index in [9.17, 15) is 4.79 Å². The standard InChI is InChI=1S/C14H26N2O2/c1-3-5-11-10-13(11)15-12-6-8-16(9-7-12)14(17)18-4-2/h11-13,15H,3-10H2,1-2H3. The molecule has 2 rings (SSSR count). The van der Waals surface area contributed by atoms with Crippen LogP contribution in [-0.4, -0.2) is 42.8 Å². The molecule has 0 bridgehead atoms. The largest absolute Gasteiger partial charge is 0.450 e. The Bertz CT molecular complexity index is 275. The van der Waals surface area contributed by atoms with Crippen molar-refractivity contribution in [2.24, 2.45) is 5.92 Å². The quantitative estimate of drug-likeness (QED) is 0.819. The summed E-state index contributed by atoms with van der Waals surface area (Å²) in [6, 6.07) is 1.35. The second-order valence-corrected chi connectivity index (χ2v) is 5.52. The van der Waals surface area contributed by atoms with Crippen molar-refractivity contribution in [2.45, 2.75) is 58.0 Å². The zero-order valence-corrected chi connectivity index (χ0v) is 11.7. The van der Waals surface area contributed by atoms with Crippen LogP contribution in [0, 0.1) is 5.92 Å². The van der Waals surface area contributed by atoms with Gasteiger partial charge in [-0.1, -0.05) is 13.3 Å². The van der Waals surface area contributed by atoms with E-state index >= 15 is 0 Å². The summed E-state index contributed by atoms with van der Waals surface area (Å²) in [5.41, 5.74) is 0. The Balaban J connectivity index is 1.63. The van der Waals surface area contributed by atoms with E-state index in [0.29, 0.717) is 12.6 Å².